The van der Waals surface area contributed by atoms with E-state index in [0.717, 1.165) is 12.1 Å². The van der Waals surface area contributed by atoms with E-state index in [4.69, 9.17) is 0 Å². The zero-order chi connectivity index (χ0) is 13.8. The molecule has 2 rings (SSSR count). The molecule has 19 heavy (non-hydrogen) atoms. The van der Waals surface area contributed by atoms with Crippen LogP contribution in [-0.4, -0.2) is 16.5 Å². The second-order valence-electron chi connectivity index (χ2n) is 3.70. The van der Waals surface area contributed by atoms with Crippen LogP contribution in [0.3, 0.4) is 0 Å². The minimum Gasteiger partial charge on any atom is -0.370 e. The van der Waals surface area contributed by atoms with Gasteiger partial charge in [-0.3, -0.25) is 0 Å². The number of hydrogen-bond acceptors (Lipinski definition) is 4. The van der Waals surface area contributed by atoms with Gasteiger partial charge in [-0.25, -0.2) is 23.1 Å². The van der Waals surface area contributed by atoms with E-state index >= 15 is 0 Å². The Morgan fingerprint density at radius 1 is 1.00 bits per heavy atom. The molecule has 0 spiro atoms. The van der Waals surface area contributed by atoms with Crippen molar-refractivity contribution in [1.82, 2.24) is 9.97 Å². The highest BCUT2D eigenvalue weighted by Gasteiger charge is 2.10. The van der Waals surface area contributed by atoms with Crippen LogP contribution in [0.15, 0.2) is 24.5 Å². The maximum Gasteiger partial charge on any atom is 0.194 e. The van der Waals surface area contributed by atoms with Crippen LogP contribution < -0.4 is 10.6 Å². The van der Waals surface area contributed by atoms with Crippen LogP contribution in [0.2, 0.25) is 0 Å². The molecular formula is C12H11F3N4. The Labute approximate surface area is 107 Å². The molecule has 0 amide bonds. The Balaban J connectivity index is 2.23. The second-order valence-corrected chi connectivity index (χ2v) is 3.70. The van der Waals surface area contributed by atoms with Gasteiger partial charge in [0, 0.05) is 30.4 Å². The van der Waals surface area contributed by atoms with Gasteiger partial charge in [0.05, 0.1) is 0 Å². The van der Waals surface area contributed by atoms with E-state index in [1.54, 1.807) is 6.07 Å². The number of halogens is 3. The molecule has 1 heterocycles. The number of anilines is 3. The van der Waals surface area contributed by atoms with Crippen molar-refractivity contribution in [2.24, 2.45) is 0 Å². The summed E-state index contributed by atoms with van der Waals surface area (Å²) >= 11 is 0. The van der Waals surface area contributed by atoms with Crippen LogP contribution in [0.1, 0.15) is 6.92 Å². The van der Waals surface area contributed by atoms with Gasteiger partial charge in [-0.2, -0.15) is 0 Å². The highest BCUT2D eigenvalue weighted by atomic mass is 19.2. The molecule has 0 aliphatic rings. The van der Waals surface area contributed by atoms with Crippen molar-refractivity contribution in [3.05, 3.63) is 42.0 Å². The minimum atomic E-state index is -1.50. The van der Waals surface area contributed by atoms with E-state index in [1.165, 1.54) is 6.33 Å². The van der Waals surface area contributed by atoms with Crippen molar-refractivity contribution in [2.75, 3.05) is 17.2 Å². The van der Waals surface area contributed by atoms with E-state index in [-0.39, 0.29) is 5.69 Å². The van der Waals surface area contributed by atoms with Crippen LogP contribution in [0.5, 0.6) is 0 Å². The van der Waals surface area contributed by atoms with Crippen molar-refractivity contribution in [1.29, 1.82) is 0 Å². The van der Waals surface area contributed by atoms with Crippen molar-refractivity contribution in [2.45, 2.75) is 6.92 Å². The van der Waals surface area contributed by atoms with Crippen molar-refractivity contribution >= 4 is 17.3 Å². The summed E-state index contributed by atoms with van der Waals surface area (Å²) in [6.45, 7) is 2.58. The van der Waals surface area contributed by atoms with Crippen LogP contribution >= 0.6 is 0 Å². The quantitative estimate of drug-likeness (QED) is 0.837. The standard InChI is InChI=1S/C12H11F3N4/c1-2-16-10-5-11(18-6-17-10)19-7-3-8(13)12(15)9(14)4-7/h3-6H,2H2,1H3,(H2,16,17,18,19). The number of aromatic nitrogens is 2. The number of nitrogens with zero attached hydrogens (tertiary/aromatic N) is 2. The predicted molar refractivity (Wildman–Crippen MR) is 65.8 cm³/mol. The van der Waals surface area contributed by atoms with Gasteiger partial charge in [0.1, 0.15) is 18.0 Å². The lowest BCUT2D eigenvalue weighted by molar-refractivity contribution is 0.448. The maximum absolute atomic E-state index is 13.0. The third kappa shape index (κ3) is 3.12. The molecule has 1 aromatic carbocycles. The summed E-state index contributed by atoms with van der Waals surface area (Å²) in [4.78, 5) is 7.85. The maximum atomic E-state index is 13.0. The summed E-state index contributed by atoms with van der Waals surface area (Å²) in [5.74, 6) is -3.10. The molecule has 0 radical (unpaired) electrons. The SMILES string of the molecule is CCNc1cc(Nc2cc(F)c(F)c(F)c2)ncn1. The number of hydrogen-bond donors (Lipinski definition) is 2. The summed E-state index contributed by atoms with van der Waals surface area (Å²) in [6.07, 6.45) is 1.30. The first kappa shape index (κ1) is 13.1. The molecule has 2 N–H and O–H groups in total. The zero-order valence-electron chi connectivity index (χ0n) is 10.0. The fourth-order valence-corrected chi connectivity index (χ4v) is 1.48. The first-order chi connectivity index (χ1) is 9.10. The van der Waals surface area contributed by atoms with E-state index in [2.05, 4.69) is 20.6 Å². The smallest absolute Gasteiger partial charge is 0.194 e. The Morgan fingerprint density at radius 3 is 2.26 bits per heavy atom. The van der Waals surface area contributed by atoms with Gasteiger partial charge in [0.2, 0.25) is 0 Å². The predicted octanol–water partition coefficient (Wildman–Crippen LogP) is 3.07. The summed E-state index contributed by atoms with van der Waals surface area (Å²) < 4.78 is 38.9. The number of nitrogens with one attached hydrogen (secondary N) is 2. The van der Waals surface area contributed by atoms with Crippen LogP contribution in [0.25, 0.3) is 0 Å². The molecule has 0 saturated heterocycles. The summed E-state index contributed by atoms with van der Waals surface area (Å²) in [5, 5.41) is 5.64. The van der Waals surface area contributed by atoms with Gasteiger partial charge in [-0.1, -0.05) is 0 Å². The van der Waals surface area contributed by atoms with Gasteiger partial charge in [-0.05, 0) is 6.92 Å². The van der Waals surface area contributed by atoms with Gasteiger partial charge in [0.25, 0.3) is 0 Å². The van der Waals surface area contributed by atoms with E-state index in [9.17, 15) is 13.2 Å². The Kier molecular flexibility index (Phi) is 3.84. The van der Waals surface area contributed by atoms with Gasteiger partial charge in [0.15, 0.2) is 17.5 Å². The average molecular weight is 268 g/mol. The van der Waals surface area contributed by atoms with Gasteiger partial charge in [-0.15, -0.1) is 0 Å². The molecule has 7 heteroatoms. The van der Waals surface area contributed by atoms with Crippen molar-refractivity contribution < 1.29 is 13.2 Å². The third-order valence-electron chi connectivity index (χ3n) is 2.28. The van der Waals surface area contributed by atoms with E-state index in [1.807, 2.05) is 6.92 Å². The molecule has 0 fully saturated rings. The molecule has 4 nitrogen and oxygen atoms in total. The lowest BCUT2D eigenvalue weighted by atomic mass is 10.3. The number of benzene rings is 1. The molecule has 0 aliphatic heterocycles. The second kappa shape index (κ2) is 5.55. The van der Waals surface area contributed by atoms with Crippen LogP contribution in [0.4, 0.5) is 30.5 Å². The Morgan fingerprint density at radius 2 is 1.63 bits per heavy atom. The fraction of sp³-hybridized carbons (Fsp3) is 0.167. The van der Waals surface area contributed by atoms with E-state index in [0.29, 0.717) is 18.2 Å². The monoisotopic (exact) mass is 268 g/mol. The van der Waals surface area contributed by atoms with Crippen molar-refractivity contribution in [3.8, 4) is 0 Å². The summed E-state index contributed by atoms with van der Waals surface area (Å²) in [7, 11) is 0. The van der Waals surface area contributed by atoms with Gasteiger partial charge < -0.3 is 10.6 Å². The minimum absolute atomic E-state index is 0.0672. The molecule has 100 valence electrons. The highest BCUT2D eigenvalue weighted by Crippen LogP contribution is 2.21. The number of rotatable bonds is 4. The average Bonchev–Trinajstić information content (AvgIpc) is 2.37. The first-order valence-corrected chi connectivity index (χ1v) is 5.57. The summed E-state index contributed by atoms with van der Waals surface area (Å²) in [6, 6.07) is 3.28. The molecule has 0 aliphatic carbocycles. The molecular weight excluding hydrogens is 257 g/mol. The zero-order valence-corrected chi connectivity index (χ0v) is 10.0. The molecule has 2 aromatic rings. The van der Waals surface area contributed by atoms with Gasteiger partial charge >= 0.3 is 0 Å². The molecule has 0 unspecified atom stereocenters. The Bertz CT molecular complexity index is 566. The molecule has 0 saturated carbocycles. The topological polar surface area (TPSA) is 49.8 Å². The molecule has 0 bridgehead atoms. The Hall–Kier alpha value is -2.31. The lowest BCUT2D eigenvalue weighted by Gasteiger charge is -2.08. The highest BCUT2D eigenvalue weighted by molar-refractivity contribution is 5.58. The lowest BCUT2D eigenvalue weighted by Crippen LogP contribution is -2.02. The van der Waals surface area contributed by atoms with Crippen LogP contribution in [-0.2, 0) is 0 Å². The first-order valence-electron chi connectivity index (χ1n) is 5.57. The van der Waals surface area contributed by atoms with E-state index < -0.39 is 17.5 Å². The van der Waals surface area contributed by atoms with Crippen molar-refractivity contribution in [3.63, 3.8) is 0 Å². The fourth-order valence-electron chi connectivity index (χ4n) is 1.48. The normalized spacial score (nSPS) is 10.3. The molecule has 0 atom stereocenters. The molecule has 1 aromatic heterocycles. The third-order valence-corrected chi connectivity index (χ3v) is 2.28. The summed E-state index contributed by atoms with van der Waals surface area (Å²) in [5.41, 5.74) is 0.0672. The largest absolute Gasteiger partial charge is 0.370 e. The van der Waals surface area contributed by atoms with Crippen LogP contribution in [0, 0.1) is 17.5 Å².